The number of rotatable bonds is 2. The number of H-pyrrole nitrogens is 1. The molecule has 0 amide bonds. The fourth-order valence-electron chi connectivity index (χ4n) is 3.40. The second-order valence-corrected chi connectivity index (χ2v) is 5.98. The van der Waals surface area contributed by atoms with Crippen LogP contribution in [0.2, 0.25) is 0 Å². The average molecular weight is 284 g/mol. The lowest BCUT2D eigenvalue weighted by atomic mass is 10.0. The third-order valence-electron chi connectivity index (χ3n) is 4.68. The summed E-state index contributed by atoms with van der Waals surface area (Å²) in [6.45, 7) is 3.77. The van der Waals surface area contributed by atoms with E-state index in [4.69, 9.17) is 0 Å². The van der Waals surface area contributed by atoms with Crippen molar-refractivity contribution in [1.29, 1.82) is 0 Å². The molecule has 0 fully saturated rings. The first kappa shape index (κ1) is 12.9. The van der Waals surface area contributed by atoms with Gasteiger partial charge in [-0.3, -0.25) is 9.89 Å². The highest BCUT2D eigenvalue weighted by atomic mass is 16.3. The van der Waals surface area contributed by atoms with E-state index in [9.17, 15) is 5.11 Å². The van der Waals surface area contributed by atoms with Gasteiger partial charge >= 0.3 is 0 Å². The number of hydrogen-bond donors (Lipinski definition) is 3. The number of aliphatic hydroxyl groups is 1. The first-order valence-electron chi connectivity index (χ1n) is 7.53. The molecule has 0 aliphatic carbocycles. The van der Waals surface area contributed by atoms with Crippen molar-refractivity contribution < 1.29 is 5.11 Å². The summed E-state index contributed by atoms with van der Waals surface area (Å²) in [6, 6.07) is 8.74. The second kappa shape index (κ2) is 4.86. The van der Waals surface area contributed by atoms with Gasteiger partial charge in [-0.1, -0.05) is 18.2 Å². The van der Waals surface area contributed by atoms with E-state index in [1.807, 2.05) is 12.1 Å². The molecule has 3 atom stereocenters. The molecule has 2 aliphatic rings. The number of aliphatic hydroxyl groups excluding tert-OH is 1. The van der Waals surface area contributed by atoms with Gasteiger partial charge < -0.3 is 15.4 Å². The van der Waals surface area contributed by atoms with Crippen LogP contribution in [-0.2, 0) is 6.42 Å². The smallest absolute Gasteiger partial charge is 0.136 e. The minimum atomic E-state index is -0.548. The average Bonchev–Trinajstić information content (AvgIpc) is 3.06. The Morgan fingerprint density at radius 1 is 1.38 bits per heavy atom. The van der Waals surface area contributed by atoms with Crippen molar-refractivity contribution in [3.8, 4) is 0 Å². The van der Waals surface area contributed by atoms with Gasteiger partial charge in [-0.25, -0.2) is 0 Å². The third kappa shape index (κ3) is 2.04. The van der Waals surface area contributed by atoms with Gasteiger partial charge in [0, 0.05) is 47.7 Å². The number of hydrogen-bond acceptors (Lipinski definition) is 4. The topological polar surface area (TPSA) is 63.7 Å². The number of aromatic amines is 1. The molecule has 3 unspecified atom stereocenters. The van der Waals surface area contributed by atoms with Crippen LogP contribution in [0.25, 0.3) is 10.9 Å². The van der Waals surface area contributed by atoms with E-state index in [0.29, 0.717) is 6.04 Å². The lowest BCUT2D eigenvalue weighted by Gasteiger charge is -2.34. The second-order valence-electron chi connectivity index (χ2n) is 5.98. The summed E-state index contributed by atoms with van der Waals surface area (Å²) in [5.41, 5.74) is 3.32. The molecule has 3 heterocycles. The molecule has 21 heavy (non-hydrogen) atoms. The number of aliphatic imine (C=N–C) groups is 1. The first-order valence-corrected chi connectivity index (χ1v) is 7.53. The van der Waals surface area contributed by atoms with Crippen LogP contribution in [0.5, 0.6) is 0 Å². The summed E-state index contributed by atoms with van der Waals surface area (Å²) in [7, 11) is 0. The Morgan fingerprint density at radius 3 is 3.05 bits per heavy atom. The number of benzene rings is 1. The molecule has 0 radical (unpaired) electrons. The number of aromatic nitrogens is 1. The maximum Gasteiger partial charge on any atom is 0.136 e. The first-order chi connectivity index (χ1) is 10.2. The fourth-order valence-corrected chi connectivity index (χ4v) is 3.40. The zero-order valence-corrected chi connectivity index (χ0v) is 12.1. The van der Waals surface area contributed by atoms with Crippen LogP contribution in [-0.4, -0.2) is 46.5 Å². The molecule has 0 saturated carbocycles. The Labute approximate surface area is 123 Å². The maximum absolute atomic E-state index is 10.8. The van der Waals surface area contributed by atoms with E-state index in [-0.39, 0.29) is 6.04 Å². The van der Waals surface area contributed by atoms with E-state index >= 15 is 0 Å². The van der Waals surface area contributed by atoms with Crippen molar-refractivity contribution >= 4 is 17.2 Å². The minimum absolute atomic E-state index is 0.214. The van der Waals surface area contributed by atoms with Crippen molar-refractivity contribution in [2.45, 2.75) is 31.7 Å². The number of fused-ring (bicyclic) bond motifs is 3. The van der Waals surface area contributed by atoms with E-state index in [1.54, 1.807) is 6.34 Å². The Kier molecular flexibility index (Phi) is 2.97. The Balaban J connectivity index is 1.64. The molecule has 2 aliphatic heterocycles. The van der Waals surface area contributed by atoms with Gasteiger partial charge in [-0.05, 0) is 13.0 Å². The van der Waals surface area contributed by atoms with Gasteiger partial charge in [-0.2, -0.15) is 0 Å². The number of nitrogens with zero attached hydrogens (tertiary/aromatic N) is 2. The SMILES string of the molecule is CC1NC=NC1CN1CCc2[nH]c3ccccc3c2C1O. The highest BCUT2D eigenvalue weighted by Gasteiger charge is 2.32. The molecule has 5 heteroatoms. The van der Waals surface area contributed by atoms with Crippen LogP contribution in [0.3, 0.4) is 0 Å². The van der Waals surface area contributed by atoms with Gasteiger partial charge in [0.1, 0.15) is 6.23 Å². The van der Waals surface area contributed by atoms with Gasteiger partial charge in [0.15, 0.2) is 0 Å². The molecule has 0 saturated heterocycles. The molecule has 0 spiro atoms. The molecule has 2 aromatic rings. The van der Waals surface area contributed by atoms with E-state index in [0.717, 1.165) is 36.0 Å². The van der Waals surface area contributed by atoms with Crippen molar-refractivity contribution in [2.24, 2.45) is 4.99 Å². The summed E-state index contributed by atoms with van der Waals surface area (Å²) in [6.07, 6.45) is 2.18. The molecular weight excluding hydrogens is 264 g/mol. The predicted octanol–water partition coefficient (Wildman–Crippen LogP) is 1.41. The molecule has 0 bridgehead atoms. The van der Waals surface area contributed by atoms with Gasteiger partial charge in [0.05, 0.1) is 12.4 Å². The molecule has 4 rings (SSSR count). The summed E-state index contributed by atoms with van der Waals surface area (Å²) in [5, 5.41) is 15.1. The van der Waals surface area contributed by atoms with Crippen molar-refractivity contribution in [3.05, 3.63) is 35.5 Å². The third-order valence-corrected chi connectivity index (χ3v) is 4.68. The van der Waals surface area contributed by atoms with Crippen LogP contribution in [0.15, 0.2) is 29.3 Å². The van der Waals surface area contributed by atoms with Gasteiger partial charge in [0.25, 0.3) is 0 Å². The van der Waals surface area contributed by atoms with E-state index in [1.165, 1.54) is 5.69 Å². The maximum atomic E-state index is 10.8. The van der Waals surface area contributed by atoms with Crippen LogP contribution < -0.4 is 5.32 Å². The zero-order valence-electron chi connectivity index (χ0n) is 12.1. The van der Waals surface area contributed by atoms with Crippen molar-refractivity contribution in [1.82, 2.24) is 15.2 Å². The lowest BCUT2D eigenvalue weighted by molar-refractivity contribution is -0.00946. The number of nitrogens with one attached hydrogen (secondary N) is 2. The molecule has 5 nitrogen and oxygen atoms in total. The minimum Gasteiger partial charge on any atom is -0.374 e. The summed E-state index contributed by atoms with van der Waals surface area (Å²) in [4.78, 5) is 10.0. The van der Waals surface area contributed by atoms with Gasteiger partial charge in [0.2, 0.25) is 0 Å². The Hall–Kier alpha value is -1.85. The van der Waals surface area contributed by atoms with Crippen LogP contribution >= 0.6 is 0 Å². The van der Waals surface area contributed by atoms with E-state index < -0.39 is 6.23 Å². The van der Waals surface area contributed by atoms with Crippen molar-refractivity contribution in [3.63, 3.8) is 0 Å². The molecular formula is C16H20N4O. The summed E-state index contributed by atoms with van der Waals surface area (Å²) in [5.74, 6) is 0. The highest BCUT2D eigenvalue weighted by Crippen LogP contribution is 2.34. The van der Waals surface area contributed by atoms with Crippen LogP contribution in [0, 0.1) is 0 Å². The molecule has 1 aromatic heterocycles. The summed E-state index contributed by atoms with van der Waals surface area (Å²) < 4.78 is 0. The number of para-hydroxylation sites is 1. The van der Waals surface area contributed by atoms with Crippen molar-refractivity contribution in [2.75, 3.05) is 13.1 Å². The molecule has 3 N–H and O–H groups in total. The Bertz CT molecular complexity index is 693. The Morgan fingerprint density at radius 2 is 2.24 bits per heavy atom. The fraction of sp³-hybridized carbons (Fsp3) is 0.438. The van der Waals surface area contributed by atoms with Gasteiger partial charge in [-0.15, -0.1) is 0 Å². The largest absolute Gasteiger partial charge is 0.374 e. The highest BCUT2D eigenvalue weighted by molar-refractivity contribution is 5.85. The van der Waals surface area contributed by atoms with E-state index in [2.05, 4.69) is 39.2 Å². The standard InChI is InChI=1S/C16H20N4O/c1-10-14(18-9-17-10)8-20-7-6-13-15(16(20)21)11-4-2-3-5-12(11)19-13/h2-5,9-10,14,16,19,21H,6-8H2,1H3,(H,17,18). The molecule has 110 valence electrons. The van der Waals surface area contributed by atoms with Crippen LogP contribution in [0.4, 0.5) is 0 Å². The lowest BCUT2D eigenvalue weighted by Crippen LogP contribution is -2.43. The normalized spacial score (nSPS) is 28.8. The zero-order chi connectivity index (χ0) is 14.4. The van der Waals surface area contributed by atoms with Crippen LogP contribution in [0.1, 0.15) is 24.4 Å². The predicted molar refractivity (Wildman–Crippen MR) is 83.4 cm³/mol. The summed E-state index contributed by atoms with van der Waals surface area (Å²) >= 11 is 0. The molecule has 1 aromatic carbocycles. The monoisotopic (exact) mass is 284 g/mol. The quantitative estimate of drug-likeness (QED) is 0.781.